The van der Waals surface area contributed by atoms with Crippen molar-refractivity contribution in [2.24, 2.45) is 0 Å². The van der Waals surface area contributed by atoms with Gasteiger partial charge >= 0.3 is 6.18 Å². The maximum absolute atomic E-state index is 13.6. The zero-order chi connectivity index (χ0) is 13.3. The van der Waals surface area contributed by atoms with Gasteiger partial charge in [0.2, 0.25) is 0 Å². The van der Waals surface area contributed by atoms with E-state index < -0.39 is 17.4 Å². The van der Waals surface area contributed by atoms with E-state index in [9.17, 15) is 17.6 Å². The first-order chi connectivity index (χ1) is 7.59. The van der Waals surface area contributed by atoms with E-state index in [2.05, 4.69) is 10.3 Å². The number of aromatic nitrogens is 1. The number of nitrogens with zero attached hydrogens (tertiary/aromatic N) is 1. The van der Waals surface area contributed by atoms with E-state index in [0.717, 1.165) is 6.20 Å². The molecule has 1 aromatic rings. The number of nitrogens with one attached hydrogen (secondary N) is 1. The Balaban J connectivity index is 2.64. The van der Waals surface area contributed by atoms with Crippen LogP contribution in [-0.2, 0) is 6.18 Å². The molecule has 1 aromatic heterocycles. The molecule has 2 nitrogen and oxygen atoms in total. The molecule has 0 aliphatic carbocycles. The molecule has 0 saturated heterocycles. The third-order valence-corrected chi connectivity index (χ3v) is 3.01. The Morgan fingerprint density at radius 1 is 1.35 bits per heavy atom. The lowest BCUT2D eigenvalue weighted by molar-refractivity contribution is -0.137. The van der Waals surface area contributed by atoms with Gasteiger partial charge in [0.25, 0.3) is 0 Å². The quantitative estimate of drug-likeness (QED) is 0.849. The van der Waals surface area contributed by atoms with Crippen LogP contribution in [0.2, 0.25) is 0 Å². The highest BCUT2D eigenvalue weighted by molar-refractivity contribution is 7.11. The van der Waals surface area contributed by atoms with Crippen LogP contribution in [0.25, 0.3) is 0 Å². The van der Waals surface area contributed by atoms with Crippen LogP contribution in [0.15, 0.2) is 6.20 Å². The fraction of sp³-hybridized carbons (Fsp3) is 0.700. The van der Waals surface area contributed by atoms with Gasteiger partial charge in [0, 0.05) is 18.3 Å². The molecular formula is C10H14F4N2S. The van der Waals surface area contributed by atoms with E-state index in [1.807, 2.05) is 20.8 Å². The third-order valence-electron chi connectivity index (χ3n) is 1.89. The summed E-state index contributed by atoms with van der Waals surface area (Å²) >= 11 is 0.347. The van der Waals surface area contributed by atoms with E-state index in [1.165, 1.54) is 0 Å². The normalized spacial score (nSPS) is 15.0. The molecule has 0 aliphatic rings. The van der Waals surface area contributed by atoms with Crippen molar-refractivity contribution in [2.75, 3.05) is 6.54 Å². The predicted octanol–water partition coefficient (Wildman–Crippen LogP) is 3.56. The van der Waals surface area contributed by atoms with Crippen molar-refractivity contribution >= 4 is 11.3 Å². The monoisotopic (exact) mass is 270 g/mol. The predicted molar refractivity (Wildman–Crippen MR) is 58.7 cm³/mol. The van der Waals surface area contributed by atoms with Crippen molar-refractivity contribution < 1.29 is 17.6 Å². The van der Waals surface area contributed by atoms with Gasteiger partial charge in [-0.3, -0.25) is 0 Å². The van der Waals surface area contributed by atoms with Crippen LogP contribution in [-0.4, -0.2) is 17.1 Å². The van der Waals surface area contributed by atoms with E-state index in [1.54, 1.807) is 0 Å². The Morgan fingerprint density at radius 3 is 2.35 bits per heavy atom. The summed E-state index contributed by atoms with van der Waals surface area (Å²) in [4.78, 5) is 3.17. The minimum Gasteiger partial charge on any atom is -0.309 e. The molecule has 17 heavy (non-hydrogen) atoms. The van der Waals surface area contributed by atoms with Gasteiger partial charge in [-0.1, -0.05) is 0 Å². The molecule has 1 atom stereocenters. The lowest BCUT2D eigenvalue weighted by Gasteiger charge is -2.21. The second-order valence-electron chi connectivity index (χ2n) is 4.66. The molecule has 1 heterocycles. The van der Waals surface area contributed by atoms with Crippen molar-refractivity contribution in [1.29, 1.82) is 0 Å². The van der Waals surface area contributed by atoms with Gasteiger partial charge in [-0.15, -0.1) is 11.3 Å². The molecule has 7 heteroatoms. The molecule has 0 fully saturated rings. The summed E-state index contributed by atoms with van der Waals surface area (Å²) in [6.45, 7) is 5.54. The first-order valence-electron chi connectivity index (χ1n) is 5.01. The Kier molecular flexibility index (Phi) is 4.14. The number of rotatable bonds is 3. The highest BCUT2D eigenvalue weighted by Crippen LogP contribution is 2.35. The lowest BCUT2D eigenvalue weighted by Crippen LogP contribution is -2.37. The molecule has 0 spiro atoms. The Labute approximate surface area is 101 Å². The average Bonchev–Trinajstić information content (AvgIpc) is 2.60. The molecule has 1 N–H and O–H groups in total. The van der Waals surface area contributed by atoms with Gasteiger partial charge in [-0.25, -0.2) is 9.37 Å². The highest BCUT2D eigenvalue weighted by atomic mass is 32.1. The van der Waals surface area contributed by atoms with Gasteiger partial charge in [-0.05, 0) is 20.8 Å². The second kappa shape index (κ2) is 4.89. The molecule has 0 radical (unpaired) electrons. The van der Waals surface area contributed by atoms with Crippen LogP contribution in [0, 0.1) is 0 Å². The molecule has 0 aromatic carbocycles. The fourth-order valence-electron chi connectivity index (χ4n) is 1.06. The summed E-state index contributed by atoms with van der Waals surface area (Å²) in [5.74, 6) is 0. The van der Waals surface area contributed by atoms with Crippen molar-refractivity contribution in [3.63, 3.8) is 0 Å². The lowest BCUT2D eigenvalue weighted by atomic mass is 10.1. The highest BCUT2D eigenvalue weighted by Gasteiger charge is 2.35. The fourth-order valence-corrected chi connectivity index (χ4v) is 1.82. The molecule has 1 unspecified atom stereocenters. The summed E-state index contributed by atoms with van der Waals surface area (Å²) in [5, 5.41) is 1.88. The summed E-state index contributed by atoms with van der Waals surface area (Å²) in [6.07, 6.45) is -5.02. The molecule has 0 saturated carbocycles. The van der Waals surface area contributed by atoms with E-state index >= 15 is 0 Å². The third kappa shape index (κ3) is 4.59. The largest absolute Gasteiger partial charge is 0.443 e. The van der Waals surface area contributed by atoms with Gasteiger partial charge in [0.1, 0.15) is 6.17 Å². The number of alkyl halides is 4. The van der Waals surface area contributed by atoms with Crippen molar-refractivity contribution in [2.45, 2.75) is 38.7 Å². The molecular weight excluding hydrogens is 256 g/mol. The van der Waals surface area contributed by atoms with Crippen LogP contribution in [0.1, 0.15) is 36.8 Å². The second-order valence-corrected chi connectivity index (χ2v) is 5.73. The minimum atomic E-state index is -4.50. The topological polar surface area (TPSA) is 24.9 Å². The first kappa shape index (κ1) is 14.4. The average molecular weight is 270 g/mol. The Hall–Kier alpha value is -0.690. The smallest absolute Gasteiger partial charge is 0.309 e. The van der Waals surface area contributed by atoms with Crippen LogP contribution in [0.4, 0.5) is 17.6 Å². The molecule has 98 valence electrons. The van der Waals surface area contributed by atoms with Crippen LogP contribution in [0.5, 0.6) is 0 Å². The maximum atomic E-state index is 13.6. The number of hydrogen-bond donors (Lipinski definition) is 1. The number of halogens is 4. The van der Waals surface area contributed by atoms with Crippen LogP contribution in [0.3, 0.4) is 0 Å². The van der Waals surface area contributed by atoms with Crippen LogP contribution < -0.4 is 5.32 Å². The van der Waals surface area contributed by atoms with E-state index in [-0.39, 0.29) is 17.0 Å². The summed E-state index contributed by atoms with van der Waals surface area (Å²) < 4.78 is 50.4. The van der Waals surface area contributed by atoms with Gasteiger partial charge < -0.3 is 5.32 Å². The zero-order valence-electron chi connectivity index (χ0n) is 9.73. The SMILES string of the molecule is CC(C)(C)NCC(F)c1cnc(C(F)(F)F)s1. The maximum Gasteiger partial charge on any atom is 0.443 e. The zero-order valence-corrected chi connectivity index (χ0v) is 10.5. The molecule has 0 aliphatic heterocycles. The molecule has 0 amide bonds. The molecule has 1 rings (SSSR count). The Bertz CT molecular complexity index is 367. The number of thiazole rings is 1. The standard InChI is InChI=1S/C10H14F4N2S/c1-9(2,3)16-4-6(11)7-5-15-8(17-7)10(12,13)14/h5-6,16H,4H2,1-3H3. The van der Waals surface area contributed by atoms with Gasteiger partial charge in [0.15, 0.2) is 5.01 Å². The minimum absolute atomic E-state index is 0.00549. The summed E-state index contributed by atoms with van der Waals surface area (Å²) in [6, 6.07) is 0. The van der Waals surface area contributed by atoms with Gasteiger partial charge in [-0.2, -0.15) is 13.2 Å². The van der Waals surface area contributed by atoms with E-state index in [0.29, 0.717) is 11.3 Å². The van der Waals surface area contributed by atoms with Crippen molar-refractivity contribution in [3.8, 4) is 0 Å². The van der Waals surface area contributed by atoms with Crippen LogP contribution >= 0.6 is 11.3 Å². The van der Waals surface area contributed by atoms with E-state index in [4.69, 9.17) is 0 Å². The first-order valence-corrected chi connectivity index (χ1v) is 5.83. The Morgan fingerprint density at radius 2 is 1.94 bits per heavy atom. The molecule has 0 bridgehead atoms. The number of hydrogen-bond acceptors (Lipinski definition) is 3. The summed E-state index contributed by atoms with van der Waals surface area (Å²) in [5.41, 5.74) is -0.276. The van der Waals surface area contributed by atoms with Gasteiger partial charge in [0.05, 0.1) is 4.88 Å². The van der Waals surface area contributed by atoms with Crippen molar-refractivity contribution in [3.05, 3.63) is 16.1 Å². The van der Waals surface area contributed by atoms with Crippen molar-refractivity contribution in [1.82, 2.24) is 10.3 Å². The summed E-state index contributed by atoms with van der Waals surface area (Å²) in [7, 11) is 0.